The number of nitrogens with one attached hydrogen (secondary N) is 2. The highest BCUT2D eigenvalue weighted by molar-refractivity contribution is 7.64. The molecule has 4 N–H and O–H groups in total. The van der Waals surface area contributed by atoms with Crippen molar-refractivity contribution in [2.45, 2.75) is 142 Å². The molecule has 0 radical (unpaired) electrons. The third-order valence-electron chi connectivity index (χ3n) is 9.98. The second kappa shape index (κ2) is 22.0. The van der Waals surface area contributed by atoms with Crippen molar-refractivity contribution in [3.8, 4) is 0 Å². The van der Waals surface area contributed by atoms with E-state index in [2.05, 4.69) is 56.0 Å². The Morgan fingerprint density at radius 2 is 1.24 bits per heavy atom. The molecule has 0 spiro atoms. The molecule has 0 amide bonds. The molecule has 0 fully saturated rings. The van der Waals surface area contributed by atoms with Crippen LogP contribution in [-0.2, 0) is 6.42 Å². The van der Waals surface area contributed by atoms with Crippen molar-refractivity contribution in [2.75, 3.05) is 49.4 Å². The van der Waals surface area contributed by atoms with Crippen LogP contribution in [-0.4, -0.2) is 47.7 Å². The van der Waals surface area contributed by atoms with E-state index in [0.29, 0.717) is 35.9 Å². The van der Waals surface area contributed by atoms with Crippen LogP contribution in [0.5, 0.6) is 0 Å². The molecule has 9 nitrogen and oxygen atoms in total. The van der Waals surface area contributed by atoms with Crippen molar-refractivity contribution in [1.29, 1.82) is 0 Å². The highest BCUT2D eigenvalue weighted by Gasteiger charge is 2.21. The lowest BCUT2D eigenvalue weighted by Crippen LogP contribution is -2.37. The van der Waals surface area contributed by atoms with E-state index in [1.807, 2.05) is 4.73 Å². The number of aryl methyl sites for hydroxylation is 1. The summed E-state index contributed by atoms with van der Waals surface area (Å²) >= 11 is 0. The van der Waals surface area contributed by atoms with E-state index < -0.39 is 10.9 Å². The summed E-state index contributed by atoms with van der Waals surface area (Å²) in [4.78, 5) is 40.5. The molecule has 282 valence electrons. The molecule has 0 bridgehead atoms. The lowest BCUT2D eigenvalue weighted by Gasteiger charge is -2.15. The fourth-order valence-corrected chi connectivity index (χ4v) is 7.56. The van der Waals surface area contributed by atoms with Gasteiger partial charge in [-0.15, -0.1) is 0 Å². The minimum atomic E-state index is -0.421. The van der Waals surface area contributed by atoms with Crippen molar-refractivity contribution < 1.29 is 4.84 Å². The number of benzene rings is 1. The Balaban J connectivity index is 1.14. The van der Waals surface area contributed by atoms with Gasteiger partial charge in [0.2, 0.25) is 0 Å². The summed E-state index contributed by atoms with van der Waals surface area (Å²) in [6, 6.07) is 6.42. The third kappa shape index (κ3) is 11.9. The van der Waals surface area contributed by atoms with E-state index in [1.165, 1.54) is 88.8 Å². The Hall–Kier alpha value is -3.19. The molecule has 51 heavy (non-hydrogen) atoms. The first-order valence-electron chi connectivity index (χ1n) is 20.1. The van der Waals surface area contributed by atoms with E-state index in [9.17, 15) is 9.59 Å². The number of nitrogen functional groups attached to an aromatic ring is 1. The minimum absolute atomic E-state index is 0.257. The summed E-state index contributed by atoms with van der Waals surface area (Å²) < 4.78 is 1.87. The fourth-order valence-electron chi connectivity index (χ4n) is 6.81. The fraction of sp³-hybridized carbons (Fsp3) is 0.659. The average Bonchev–Trinajstić information content (AvgIpc) is 3.50. The highest BCUT2D eigenvalue weighted by atomic mass is 31.1. The molecule has 0 aliphatic rings. The number of pyridine rings is 1. The smallest absolute Gasteiger partial charge is 0.253 e. The summed E-state index contributed by atoms with van der Waals surface area (Å²) in [5.41, 5.74) is 8.90. The molecule has 0 saturated heterocycles. The van der Waals surface area contributed by atoms with Gasteiger partial charge in [-0.3, -0.25) is 9.59 Å². The van der Waals surface area contributed by atoms with Gasteiger partial charge in [-0.25, -0.2) is 9.97 Å². The predicted molar refractivity (Wildman–Crippen MR) is 220 cm³/mol. The Morgan fingerprint density at radius 1 is 0.706 bits per heavy atom. The van der Waals surface area contributed by atoms with E-state index in [-0.39, 0.29) is 7.92 Å². The molecule has 2 heterocycles. The SMILES string of the molecule is CCCCCCCCCCCCCCCCCNc1c(NCCCCOn2c(CCCC)nc3c(N)nc4cc(P(C)C)ccc4c32)c(=O)c1=O. The second-order valence-corrected chi connectivity index (χ2v) is 16.8. The number of rotatable bonds is 28. The van der Waals surface area contributed by atoms with Gasteiger partial charge in [0.15, 0.2) is 5.82 Å². The molecule has 4 rings (SSSR count). The molecule has 0 saturated carbocycles. The summed E-state index contributed by atoms with van der Waals surface area (Å²) in [6.07, 6.45) is 24.3. The van der Waals surface area contributed by atoms with Crippen LogP contribution in [0.1, 0.15) is 142 Å². The van der Waals surface area contributed by atoms with Gasteiger partial charge in [0.05, 0.1) is 5.52 Å². The topological polar surface area (TPSA) is 124 Å². The molecule has 0 atom stereocenters. The van der Waals surface area contributed by atoms with E-state index in [1.54, 1.807) is 0 Å². The number of hydrogen-bond acceptors (Lipinski definition) is 8. The lowest BCUT2D eigenvalue weighted by atomic mass is 10.0. The molecular formula is C41H65N6O3P. The Kier molecular flexibility index (Phi) is 17.5. The highest BCUT2D eigenvalue weighted by Crippen LogP contribution is 2.31. The third-order valence-corrected chi connectivity index (χ3v) is 11.3. The van der Waals surface area contributed by atoms with E-state index in [4.69, 9.17) is 20.5 Å². The maximum Gasteiger partial charge on any atom is 0.253 e. The van der Waals surface area contributed by atoms with Gasteiger partial charge in [-0.2, -0.15) is 4.73 Å². The van der Waals surface area contributed by atoms with Gasteiger partial charge in [0, 0.05) is 24.9 Å². The normalized spacial score (nSPS) is 11.8. The van der Waals surface area contributed by atoms with Crippen LogP contribution in [0.15, 0.2) is 27.8 Å². The lowest BCUT2D eigenvalue weighted by molar-refractivity contribution is 0.109. The van der Waals surface area contributed by atoms with E-state index >= 15 is 0 Å². The van der Waals surface area contributed by atoms with Gasteiger partial charge in [0.1, 0.15) is 34.8 Å². The van der Waals surface area contributed by atoms with Crippen LogP contribution in [0, 0.1) is 0 Å². The van der Waals surface area contributed by atoms with E-state index in [0.717, 1.165) is 73.7 Å². The number of unbranched alkanes of at least 4 members (excludes halogenated alkanes) is 16. The van der Waals surface area contributed by atoms with Crippen molar-refractivity contribution in [3.05, 3.63) is 44.5 Å². The molecule has 2 aromatic heterocycles. The zero-order chi connectivity index (χ0) is 36.4. The molecule has 4 aromatic rings. The first-order chi connectivity index (χ1) is 24.9. The van der Waals surface area contributed by atoms with Crippen molar-refractivity contribution >= 4 is 52.4 Å². The van der Waals surface area contributed by atoms with Gasteiger partial charge >= 0.3 is 0 Å². The summed E-state index contributed by atoms with van der Waals surface area (Å²) in [7, 11) is -0.257. The van der Waals surface area contributed by atoms with Crippen molar-refractivity contribution in [2.24, 2.45) is 0 Å². The van der Waals surface area contributed by atoms with Gasteiger partial charge < -0.3 is 21.2 Å². The van der Waals surface area contributed by atoms with Crippen molar-refractivity contribution in [3.63, 3.8) is 0 Å². The minimum Gasteiger partial charge on any atom is -0.412 e. The number of imidazole rings is 1. The zero-order valence-corrected chi connectivity index (χ0v) is 33.0. The second-order valence-electron chi connectivity index (χ2n) is 14.5. The van der Waals surface area contributed by atoms with Crippen molar-refractivity contribution in [1.82, 2.24) is 14.7 Å². The standard InChI is InChI=1S/C41H65N6O3P/c1-5-7-9-10-11-12-13-14-15-16-17-18-19-20-21-27-43-35-36(40(49)39(35)48)44-28-22-23-29-50-47-34(24-8-6-2)46-37-38(47)32-26-25-31(51(3)4)30-33(32)45-41(37)42/h25-26,30,43-44H,5-24,27-29H2,1-4H3,(H2,42,45). The molecular weight excluding hydrogens is 655 g/mol. The van der Waals surface area contributed by atoms with Crippen LogP contribution in [0.25, 0.3) is 21.9 Å². The quantitative estimate of drug-likeness (QED) is 0.0302. The Morgan fingerprint density at radius 3 is 1.78 bits per heavy atom. The van der Waals surface area contributed by atoms with Gasteiger partial charge in [0.25, 0.3) is 10.9 Å². The average molecular weight is 721 g/mol. The van der Waals surface area contributed by atoms with Gasteiger partial charge in [-0.05, 0) is 56.5 Å². The number of fused-ring (bicyclic) bond motifs is 3. The first-order valence-corrected chi connectivity index (χ1v) is 22.3. The Bertz CT molecular complexity index is 1690. The van der Waals surface area contributed by atoms with Crippen LogP contribution >= 0.6 is 7.92 Å². The number of aromatic nitrogens is 3. The zero-order valence-electron chi connectivity index (χ0n) is 32.1. The summed E-state index contributed by atoms with van der Waals surface area (Å²) in [5.74, 6) is 1.28. The molecule has 0 aliphatic heterocycles. The molecule has 10 heteroatoms. The van der Waals surface area contributed by atoms with Gasteiger partial charge in [-0.1, -0.05) is 124 Å². The molecule has 0 aliphatic carbocycles. The largest absolute Gasteiger partial charge is 0.412 e. The predicted octanol–water partition coefficient (Wildman–Crippen LogP) is 9.08. The van der Waals surface area contributed by atoms with Crippen LogP contribution in [0.4, 0.5) is 17.2 Å². The summed E-state index contributed by atoms with van der Waals surface area (Å²) in [5, 5.41) is 8.71. The Labute approximate surface area is 307 Å². The number of nitrogens with two attached hydrogens (primary N) is 1. The monoisotopic (exact) mass is 720 g/mol. The molecule has 0 unspecified atom stereocenters. The van der Waals surface area contributed by atoms with Crippen LogP contribution in [0.2, 0.25) is 0 Å². The number of nitrogens with zero attached hydrogens (tertiary/aromatic N) is 3. The maximum absolute atomic E-state index is 12.3. The van der Waals surface area contributed by atoms with Crippen LogP contribution in [0.3, 0.4) is 0 Å². The summed E-state index contributed by atoms with van der Waals surface area (Å²) in [6.45, 7) is 10.7. The van der Waals surface area contributed by atoms with Crippen LogP contribution < -0.4 is 37.4 Å². The first kappa shape index (κ1) is 40.6. The number of hydrogen-bond donors (Lipinski definition) is 3. The maximum atomic E-state index is 12.3. The number of anilines is 3. The molecule has 2 aromatic carbocycles.